The van der Waals surface area contributed by atoms with Crippen LogP contribution < -0.4 is 0 Å². The molecule has 3 aromatic heterocycles. The van der Waals surface area contributed by atoms with Gasteiger partial charge in [-0.25, -0.2) is 29.3 Å². The predicted octanol–water partition coefficient (Wildman–Crippen LogP) is 2.11. The normalized spacial score (nSPS) is 21.4. The molecular formula is C29H32N6O6. The molecular weight excluding hydrogens is 528 g/mol. The Morgan fingerprint density at radius 1 is 0.659 bits per heavy atom. The molecule has 2 aliphatic rings. The highest BCUT2D eigenvalue weighted by Crippen LogP contribution is 2.15. The summed E-state index contributed by atoms with van der Waals surface area (Å²) in [7, 11) is 1.99. The number of rotatable bonds is 1. The van der Waals surface area contributed by atoms with Gasteiger partial charge in [-0.15, -0.1) is 0 Å². The maximum absolute atomic E-state index is 13.1. The molecule has 0 spiro atoms. The molecule has 5 heterocycles. The molecule has 12 heteroatoms. The largest absolute Gasteiger partial charge is 0.413 e. The maximum Gasteiger partial charge on any atom is 0.413 e. The Morgan fingerprint density at radius 3 is 1.63 bits per heavy atom. The van der Waals surface area contributed by atoms with Gasteiger partial charge < -0.3 is 14.2 Å². The number of likely N-dealkylation sites (N-methyl/N-ethyl adjacent to an activating group) is 2. The zero-order chi connectivity index (χ0) is 28.8. The first-order chi connectivity index (χ1) is 19.9. The van der Waals surface area contributed by atoms with Crippen molar-refractivity contribution in [3.8, 4) is 0 Å². The zero-order valence-corrected chi connectivity index (χ0v) is 23.1. The minimum atomic E-state index is -2.00. The van der Waals surface area contributed by atoms with E-state index in [1.165, 1.54) is 18.2 Å². The molecule has 3 aromatic rings. The molecule has 214 valence electrons. The van der Waals surface area contributed by atoms with E-state index in [2.05, 4.69) is 36.6 Å². The highest BCUT2D eigenvalue weighted by molar-refractivity contribution is 5.90. The van der Waals surface area contributed by atoms with Crippen molar-refractivity contribution in [1.29, 1.82) is 0 Å². The van der Waals surface area contributed by atoms with Crippen LogP contribution in [0.15, 0.2) is 54.6 Å². The van der Waals surface area contributed by atoms with Gasteiger partial charge in [-0.3, -0.25) is 14.7 Å². The summed E-state index contributed by atoms with van der Waals surface area (Å²) in [6.07, 6.45) is 0. The van der Waals surface area contributed by atoms with Gasteiger partial charge >= 0.3 is 24.4 Å². The summed E-state index contributed by atoms with van der Waals surface area (Å²) in [5.74, 6) is -2.76. The average Bonchev–Trinajstić information content (AvgIpc) is 2.97. The highest BCUT2D eigenvalue weighted by atomic mass is 16.9. The van der Waals surface area contributed by atoms with Gasteiger partial charge in [-0.2, -0.15) is 0 Å². The Labute approximate surface area is 237 Å². The maximum atomic E-state index is 13.1. The van der Waals surface area contributed by atoms with Gasteiger partial charge in [-0.05, 0) is 50.0 Å². The van der Waals surface area contributed by atoms with Crippen molar-refractivity contribution in [3.05, 3.63) is 88.8 Å². The van der Waals surface area contributed by atoms with Gasteiger partial charge in [0, 0.05) is 45.8 Å². The Balaban J connectivity index is 1.58. The summed E-state index contributed by atoms with van der Waals surface area (Å²) in [6, 6.07) is 15.0. The second kappa shape index (κ2) is 12.9. The second-order valence-electron chi connectivity index (χ2n) is 9.93. The lowest BCUT2D eigenvalue weighted by molar-refractivity contribution is -0.203. The van der Waals surface area contributed by atoms with Crippen LogP contribution in [-0.4, -0.2) is 93.8 Å². The standard InChI is InChI=1S/C29H32N6O6/c1-3-34-15-16-35-14-13-33(2)17-20-7-4-10-23(30-20)26(36)39-29(40-27(37)24-11-5-8-21(18-34)31-24)41-28(38)25-12-6-9-22(19-35)32-25/h4-12,29H,3,13-19H2,1-2H3/t29-/m0/s1. The number of pyridine rings is 3. The summed E-state index contributed by atoms with van der Waals surface area (Å²) in [5, 5.41) is 0. The van der Waals surface area contributed by atoms with Gasteiger partial charge in [0.1, 0.15) is 17.1 Å². The van der Waals surface area contributed by atoms with Crippen LogP contribution in [-0.2, 0) is 33.8 Å². The van der Waals surface area contributed by atoms with E-state index >= 15 is 0 Å². The van der Waals surface area contributed by atoms with E-state index in [1.807, 2.05) is 25.2 Å². The summed E-state index contributed by atoms with van der Waals surface area (Å²) >= 11 is 0. The molecule has 0 N–H and O–H groups in total. The molecule has 0 saturated heterocycles. The Bertz CT molecular complexity index is 1420. The van der Waals surface area contributed by atoms with Crippen molar-refractivity contribution >= 4 is 17.9 Å². The first-order valence-corrected chi connectivity index (χ1v) is 13.5. The minimum absolute atomic E-state index is 0.0132. The van der Waals surface area contributed by atoms with Crippen molar-refractivity contribution in [3.63, 3.8) is 0 Å². The summed E-state index contributed by atoms with van der Waals surface area (Å²) < 4.78 is 16.0. The molecule has 0 amide bonds. The van der Waals surface area contributed by atoms with Gasteiger partial charge in [0.05, 0.1) is 17.1 Å². The van der Waals surface area contributed by atoms with E-state index < -0.39 is 24.4 Å². The number of hydrogen-bond donors (Lipinski definition) is 0. The van der Waals surface area contributed by atoms with Gasteiger partial charge in [0.25, 0.3) is 0 Å². The van der Waals surface area contributed by atoms with E-state index in [1.54, 1.807) is 18.2 Å². The lowest BCUT2D eigenvalue weighted by Crippen LogP contribution is -2.38. The fraction of sp³-hybridized carbons (Fsp3) is 0.379. The fourth-order valence-corrected chi connectivity index (χ4v) is 4.59. The van der Waals surface area contributed by atoms with Crippen molar-refractivity contribution in [2.75, 3.05) is 39.8 Å². The average molecular weight is 561 g/mol. The summed E-state index contributed by atoms with van der Waals surface area (Å²) in [6.45, 7) is 5.31. The van der Waals surface area contributed by atoms with Crippen LogP contribution in [0.4, 0.5) is 0 Å². The molecule has 0 fully saturated rings. The molecule has 2 aliphatic heterocycles. The van der Waals surface area contributed by atoms with Crippen LogP contribution in [0.2, 0.25) is 0 Å². The summed E-state index contributed by atoms with van der Waals surface area (Å²) in [5.41, 5.74) is 1.95. The molecule has 0 radical (unpaired) electrons. The van der Waals surface area contributed by atoms with Crippen molar-refractivity contribution in [1.82, 2.24) is 29.7 Å². The SMILES string of the molecule is CCN1CC[N@]2CCN(C)Cc3cccc(n3)C(=O)O[C@@H](OC(=O)c3cccc(n3)C1)OC(=O)c1cccc(n1)C2. The first-order valence-electron chi connectivity index (χ1n) is 13.5. The third-order valence-corrected chi connectivity index (χ3v) is 6.84. The van der Waals surface area contributed by atoms with Gasteiger partial charge in [0.15, 0.2) is 0 Å². The lowest BCUT2D eigenvalue weighted by Gasteiger charge is -2.28. The topological polar surface area (TPSA) is 127 Å². The van der Waals surface area contributed by atoms with Crippen LogP contribution in [0.5, 0.6) is 0 Å². The molecule has 0 aromatic carbocycles. The van der Waals surface area contributed by atoms with Gasteiger partial charge in [-0.1, -0.05) is 25.1 Å². The molecule has 0 aliphatic carbocycles. The Kier molecular flexibility index (Phi) is 8.92. The van der Waals surface area contributed by atoms with Crippen LogP contribution in [0.1, 0.15) is 55.5 Å². The molecule has 0 unspecified atom stereocenters. The minimum Gasteiger partial charge on any atom is -0.386 e. The molecule has 2 atom stereocenters. The number of esters is 3. The van der Waals surface area contributed by atoms with E-state index in [-0.39, 0.29) is 17.1 Å². The molecule has 12 nitrogen and oxygen atoms in total. The van der Waals surface area contributed by atoms with E-state index in [4.69, 9.17) is 14.2 Å². The van der Waals surface area contributed by atoms with Crippen molar-refractivity contribution in [2.45, 2.75) is 33.0 Å². The smallest absolute Gasteiger partial charge is 0.386 e. The monoisotopic (exact) mass is 560 g/mol. The Hall–Kier alpha value is -4.26. The number of aromatic nitrogens is 3. The quantitative estimate of drug-likeness (QED) is 0.405. The number of carbonyl (C=O) groups is 3. The first kappa shape index (κ1) is 28.3. The third kappa shape index (κ3) is 7.48. The highest BCUT2D eigenvalue weighted by Gasteiger charge is 2.28. The van der Waals surface area contributed by atoms with Crippen LogP contribution in [0.3, 0.4) is 0 Å². The van der Waals surface area contributed by atoms with Gasteiger partial charge in [0.2, 0.25) is 0 Å². The number of ether oxygens (including phenoxy) is 3. The lowest BCUT2D eigenvalue weighted by atomic mass is 10.2. The van der Waals surface area contributed by atoms with Crippen LogP contribution in [0.25, 0.3) is 0 Å². The Morgan fingerprint density at radius 2 is 1.12 bits per heavy atom. The number of hydrogen-bond acceptors (Lipinski definition) is 12. The fourth-order valence-electron chi connectivity index (χ4n) is 4.59. The van der Waals surface area contributed by atoms with Crippen LogP contribution in [0, 0.1) is 0 Å². The second-order valence-corrected chi connectivity index (χ2v) is 9.93. The molecule has 0 saturated carbocycles. The van der Waals surface area contributed by atoms with E-state index in [9.17, 15) is 14.4 Å². The van der Waals surface area contributed by atoms with Crippen LogP contribution >= 0.6 is 0 Å². The number of nitrogens with zero attached hydrogens (tertiary/aromatic N) is 6. The third-order valence-electron chi connectivity index (χ3n) is 6.84. The zero-order valence-electron chi connectivity index (χ0n) is 23.1. The summed E-state index contributed by atoms with van der Waals surface area (Å²) in [4.78, 5) is 59.3. The van der Waals surface area contributed by atoms with E-state index in [0.717, 1.165) is 32.7 Å². The molecule has 8 bridgehead atoms. The van der Waals surface area contributed by atoms with Crippen molar-refractivity contribution in [2.24, 2.45) is 0 Å². The number of carbonyl (C=O) groups excluding carboxylic acids is 3. The predicted molar refractivity (Wildman–Crippen MR) is 145 cm³/mol. The van der Waals surface area contributed by atoms with Crippen molar-refractivity contribution < 1.29 is 28.6 Å². The van der Waals surface area contributed by atoms with E-state index in [0.29, 0.717) is 36.7 Å². The molecule has 41 heavy (non-hydrogen) atoms. The number of fused-ring (bicyclic) bond motifs is 7. The molecule has 5 rings (SSSR count).